The van der Waals surface area contributed by atoms with Crippen molar-refractivity contribution in [2.24, 2.45) is 0 Å². The van der Waals surface area contributed by atoms with Crippen molar-refractivity contribution in [2.75, 3.05) is 16.0 Å². The zero-order valence-electron chi connectivity index (χ0n) is 16.6. The molecule has 3 aromatic rings. The van der Waals surface area contributed by atoms with Gasteiger partial charge in [-0.25, -0.2) is 4.79 Å². The molecule has 3 rings (SSSR count). The molecule has 0 saturated carbocycles. The maximum atomic E-state index is 12.3. The number of anilines is 3. The lowest BCUT2D eigenvalue weighted by atomic mass is 10.0. The van der Waals surface area contributed by atoms with Crippen molar-refractivity contribution in [3.63, 3.8) is 0 Å². The number of hydrogen-bond acceptors (Lipinski definition) is 4. The van der Waals surface area contributed by atoms with Crippen LogP contribution >= 0.6 is 0 Å². The molecule has 8 nitrogen and oxygen atoms in total. The van der Waals surface area contributed by atoms with E-state index in [1.54, 1.807) is 55.5 Å². The average Bonchev–Trinajstić information content (AvgIpc) is 2.73. The van der Waals surface area contributed by atoms with E-state index >= 15 is 0 Å². The molecule has 3 aromatic carbocycles. The molecule has 0 radical (unpaired) electrons. The molecule has 0 fully saturated rings. The Bertz CT molecular complexity index is 1210. The van der Waals surface area contributed by atoms with E-state index in [-0.39, 0.29) is 22.8 Å². The molecule has 4 N–H and O–H groups in total. The SMILES string of the molecule is CCC(=O)Nc1ccc(S(=O)(=O)O)c(-c2cccc(NC(=O)Nc3ccccc3)c2)c1. The maximum absolute atomic E-state index is 12.3. The smallest absolute Gasteiger partial charge is 0.323 e. The quantitative estimate of drug-likeness (QED) is 0.418. The van der Waals surface area contributed by atoms with E-state index in [9.17, 15) is 22.6 Å². The second-order valence-electron chi connectivity index (χ2n) is 6.61. The van der Waals surface area contributed by atoms with E-state index in [0.29, 0.717) is 22.6 Å². The van der Waals surface area contributed by atoms with Crippen molar-refractivity contribution in [2.45, 2.75) is 18.2 Å². The van der Waals surface area contributed by atoms with Gasteiger partial charge in [-0.2, -0.15) is 8.42 Å². The Labute approximate surface area is 180 Å². The Kier molecular flexibility index (Phi) is 6.68. The summed E-state index contributed by atoms with van der Waals surface area (Å²) >= 11 is 0. The van der Waals surface area contributed by atoms with Crippen molar-refractivity contribution < 1.29 is 22.6 Å². The lowest BCUT2D eigenvalue weighted by molar-refractivity contribution is -0.115. The predicted octanol–water partition coefficient (Wildman–Crippen LogP) is 4.59. The molecule has 0 aliphatic rings. The molecule has 0 saturated heterocycles. The summed E-state index contributed by atoms with van der Waals surface area (Å²) in [5, 5.41) is 8.03. The molecule has 31 heavy (non-hydrogen) atoms. The summed E-state index contributed by atoms with van der Waals surface area (Å²) in [4.78, 5) is 23.6. The summed E-state index contributed by atoms with van der Waals surface area (Å²) < 4.78 is 33.4. The van der Waals surface area contributed by atoms with Crippen LogP contribution in [0.5, 0.6) is 0 Å². The molecule has 0 spiro atoms. The predicted molar refractivity (Wildman–Crippen MR) is 120 cm³/mol. The van der Waals surface area contributed by atoms with Crippen LogP contribution < -0.4 is 16.0 Å². The van der Waals surface area contributed by atoms with Crippen LogP contribution in [0.25, 0.3) is 11.1 Å². The lowest BCUT2D eigenvalue weighted by Gasteiger charge is -2.13. The first kappa shape index (κ1) is 22.0. The van der Waals surface area contributed by atoms with Gasteiger partial charge in [0.05, 0.1) is 0 Å². The number of urea groups is 1. The minimum absolute atomic E-state index is 0.184. The molecule has 0 unspecified atom stereocenters. The zero-order chi connectivity index (χ0) is 22.4. The molecule has 9 heteroatoms. The monoisotopic (exact) mass is 439 g/mol. The third kappa shape index (κ3) is 5.91. The van der Waals surface area contributed by atoms with Crippen molar-refractivity contribution in [3.8, 4) is 11.1 Å². The average molecular weight is 439 g/mol. The fraction of sp³-hybridized carbons (Fsp3) is 0.0909. The number of rotatable bonds is 6. The Morgan fingerprint density at radius 2 is 1.45 bits per heavy atom. The Hall–Kier alpha value is -3.69. The summed E-state index contributed by atoms with van der Waals surface area (Å²) in [6, 6.07) is 19.0. The van der Waals surface area contributed by atoms with Crippen molar-refractivity contribution in [1.29, 1.82) is 0 Å². The van der Waals surface area contributed by atoms with Gasteiger partial charge in [0.2, 0.25) is 5.91 Å². The van der Waals surface area contributed by atoms with Gasteiger partial charge in [0.15, 0.2) is 0 Å². The Balaban J connectivity index is 1.92. The van der Waals surface area contributed by atoms with Gasteiger partial charge in [-0.3, -0.25) is 9.35 Å². The van der Waals surface area contributed by atoms with Gasteiger partial charge in [0, 0.05) is 29.0 Å². The van der Waals surface area contributed by atoms with Crippen LogP contribution in [-0.4, -0.2) is 24.9 Å². The number of hydrogen-bond donors (Lipinski definition) is 4. The number of carbonyl (C=O) groups is 2. The molecule has 0 heterocycles. The highest BCUT2D eigenvalue weighted by molar-refractivity contribution is 7.86. The summed E-state index contributed by atoms with van der Waals surface area (Å²) in [6.07, 6.45) is 0.255. The van der Waals surface area contributed by atoms with Gasteiger partial charge in [-0.15, -0.1) is 0 Å². The largest absolute Gasteiger partial charge is 0.326 e. The van der Waals surface area contributed by atoms with Crippen LogP contribution in [0.1, 0.15) is 13.3 Å². The maximum Gasteiger partial charge on any atom is 0.323 e. The van der Waals surface area contributed by atoms with Crippen molar-refractivity contribution >= 4 is 39.1 Å². The number of para-hydroxylation sites is 1. The molecular weight excluding hydrogens is 418 g/mol. The van der Waals surface area contributed by atoms with E-state index < -0.39 is 16.1 Å². The first-order valence-electron chi connectivity index (χ1n) is 9.41. The zero-order valence-corrected chi connectivity index (χ0v) is 17.4. The van der Waals surface area contributed by atoms with Gasteiger partial charge >= 0.3 is 6.03 Å². The lowest BCUT2D eigenvalue weighted by Crippen LogP contribution is -2.19. The standard InChI is InChI=1S/C22H21N3O5S/c1-2-21(26)23-18-11-12-20(31(28,29)30)19(14-18)15-7-6-10-17(13-15)25-22(27)24-16-8-4-3-5-9-16/h3-14H,2H2,1H3,(H,23,26)(H2,24,25,27)(H,28,29,30). The number of amides is 3. The van der Waals surface area contributed by atoms with Crippen LogP contribution in [0.4, 0.5) is 21.9 Å². The Morgan fingerprint density at radius 1 is 0.806 bits per heavy atom. The van der Waals surface area contributed by atoms with E-state index in [2.05, 4.69) is 16.0 Å². The summed E-state index contributed by atoms with van der Waals surface area (Å²) in [5.74, 6) is -0.237. The highest BCUT2D eigenvalue weighted by Crippen LogP contribution is 2.32. The molecule has 160 valence electrons. The molecule has 0 bridgehead atoms. The van der Waals surface area contributed by atoms with E-state index in [1.807, 2.05) is 6.07 Å². The topological polar surface area (TPSA) is 125 Å². The van der Waals surface area contributed by atoms with Crippen LogP contribution in [0, 0.1) is 0 Å². The first-order valence-corrected chi connectivity index (χ1v) is 10.8. The van der Waals surface area contributed by atoms with Gasteiger partial charge in [-0.1, -0.05) is 37.3 Å². The summed E-state index contributed by atoms with van der Waals surface area (Å²) in [6.45, 7) is 1.69. The van der Waals surface area contributed by atoms with Gasteiger partial charge in [-0.05, 0) is 48.0 Å². The molecule has 0 atom stereocenters. The third-order valence-electron chi connectivity index (χ3n) is 4.33. The highest BCUT2D eigenvalue weighted by atomic mass is 32.2. The van der Waals surface area contributed by atoms with Crippen molar-refractivity contribution in [3.05, 3.63) is 72.8 Å². The molecule has 3 amide bonds. The second kappa shape index (κ2) is 9.41. The number of carbonyl (C=O) groups excluding carboxylic acids is 2. The molecule has 0 aliphatic carbocycles. The Morgan fingerprint density at radius 3 is 2.13 bits per heavy atom. The normalized spacial score (nSPS) is 10.9. The number of benzene rings is 3. The van der Waals surface area contributed by atoms with Gasteiger partial charge in [0.1, 0.15) is 4.90 Å². The van der Waals surface area contributed by atoms with Crippen molar-refractivity contribution in [1.82, 2.24) is 0 Å². The summed E-state index contributed by atoms with van der Waals surface area (Å²) in [5.41, 5.74) is 2.02. The summed E-state index contributed by atoms with van der Waals surface area (Å²) in [7, 11) is -4.52. The van der Waals surface area contributed by atoms with Crippen LogP contribution in [0.2, 0.25) is 0 Å². The fourth-order valence-corrected chi connectivity index (χ4v) is 3.58. The van der Waals surface area contributed by atoms with Gasteiger partial charge < -0.3 is 16.0 Å². The van der Waals surface area contributed by atoms with Crippen LogP contribution in [-0.2, 0) is 14.9 Å². The van der Waals surface area contributed by atoms with E-state index in [0.717, 1.165) is 0 Å². The van der Waals surface area contributed by atoms with Gasteiger partial charge in [0.25, 0.3) is 10.1 Å². The molecule has 0 aliphatic heterocycles. The van der Waals surface area contributed by atoms with E-state index in [4.69, 9.17) is 0 Å². The highest BCUT2D eigenvalue weighted by Gasteiger charge is 2.18. The number of nitrogens with one attached hydrogen (secondary N) is 3. The molecular formula is C22H21N3O5S. The minimum Gasteiger partial charge on any atom is -0.326 e. The fourth-order valence-electron chi connectivity index (χ4n) is 2.89. The van der Waals surface area contributed by atoms with E-state index in [1.165, 1.54) is 18.2 Å². The van der Waals surface area contributed by atoms with Crippen LogP contribution in [0.15, 0.2) is 77.7 Å². The molecule has 0 aromatic heterocycles. The second-order valence-corrected chi connectivity index (χ2v) is 8.00. The van der Waals surface area contributed by atoms with Crippen LogP contribution in [0.3, 0.4) is 0 Å². The third-order valence-corrected chi connectivity index (χ3v) is 5.24. The minimum atomic E-state index is -4.52. The first-order chi connectivity index (χ1) is 14.8.